The Morgan fingerprint density at radius 2 is 1.73 bits per heavy atom. The zero-order valence-corrected chi connectivity index (χ0v) is 22.3. The fourth-order valence-corrected chi connectivity index (χ4v) is 6.23. The summed E-state index contributed by atoms with van der Waals surface area (Å²) in [6.07, 6.45) is 1.13. The third kappa shape index (κ3) is 5.53. The van der Waals surface area contributed by atoms with E-state index in [-0.39, 0.29) is 16.5 Å². The second-order valence-corrected chi connectivity index (χ2v) is 11.9. The van der Waals surface area contributed by atoms with Crippen molar-refractivity contribution in [2.24, 2.45) is 0 Å². The van der Waals surface area contributed by atoms with Gasteiger partial charge in [-0.2, -0.15) is 0 Å². The van der Waals surface area contributed by atoms with Crippen LogP contribution in [0.3, 0.4) is 0 Å². The number of hydrogen-bond donors (Lipinski definition) is 1. The van der Waals surface area contributed by atoms with Gasteiger partial charge in [0.05, 0.1) is 27.2 Å². The van der Waals surface area contributed by atoms with Gasteiger partial charge < -0.3 is 5.32 Å². The number of rotatable bonds is 6. The van der Waals surface area contributed by atoms with Crippen LogP contribution < -0.4 is 5.32 Å². The number of hydrogen-bond acceptors (Lipinski definition) is 7. The van der Waals surface area contributed by atoms with Crippen LogP contribution in [0.1, 0.15) is 27.2 Å². The molecule has 3 aromatic carbocycles. The van der Waals surface area contributed by atoms with E-state index in [9.17, 15) is 13.2 Å². The van der Waals surface area contributed by atoms with Crippen LogP contribution in [0.4, 0.5) is 5.69 Å². The molecule has 0 unspecified atom stereocenters. The van der Waals surface area contributed by atoms with Crippen molar-refractivity contribution >= 4 is 54.6 Å². The van der Waals surface area contributed by atoms with E-state index in [1.807, 2.05) is 44.2 Å². The highest BCUT2D eigenvalue weighted by Crippen LogP contribution is 2.31. The summed E-state index contributed by atoms with van der Waals surface area (Å²) in [5.41, 5.74) is 4.86. The third-order valence-electron chi connectivity index (χ3n) is 5.59. The number of halogens is 1. The van der Waals surface area contributed by atoms with Crippen LogP contribution in [0, 0.1) is 13.8 Å². The number of aryl methyl sites for hydroxylation is 2. The van der Waals surface area contributed by atoms with Gasteiger partial charge >= 0.3 is 0 Å². The van der Waals surface area contributed by atoms with E-state index in [0.717, 1.165) is 32.5 Å². The van der Waals surface area contributed by atoms with Crippen molar-refractivity contribution in [3.05, 3.63) is 100 Å². The Morgan fingerprint density at radius 1 is 0.973 bits per heavy atom. The molecular weight excluding hydrogens is 528 g/mol. The molecule has 0 aliphatic heterocycles. The first-order chi connectivity index (χ1) is 17.7. The van der Waals surface area contributed by atoms with Gasteiger partial charge in [0, 0.05) is 11.3 Å². The van der Waals surface area contributed by atoms with E-state index in [1.165, 1.54) is 5.56 Å². The molecule has 2 heterocycles. The van der Waals surface area contributed by atoms with Gasteiger partial charge in [0.2, 0.25) is 15.0 Å². The molecule has 5 aromatic rings. The number of thiazole rings is 1. The van der Waals surface area contributed by atoms with Crippen LogP contribution in [0.15, 0.2) is 78.1 Å². The molecule has 0 radical (unpaired) electrons. The van der Waals surface area contributed by atoms with Crippen molar-refractivity contribution in [3.63, 3.8) is 0 Å². The average Bonchev–Trinajstić information content (AvgIpc) is 3.27. The minimum absolute atomic E-state index is 0.0478. The highest BCUT2D eigenvalue weighted by Gasteiger charge is 2.23. The second-order valence-electron chi connectivity index (χ2n) is 8.62. The number of anilines is 1. The minimum atomic E-state index is -3.89. The molecule has 0 spiro atoms. The first-order valence-electron chi connectivity index (χ1n) is 11.3. The summed E-state index contributed by atoms with van der Waals surface area (Å²) in [5, 5.41) is 3.10. The van der Waals surface area contributed by atoms with Crippen LogP contribution in [-0.4, -0.2) is 29.3 Å². The lowest BCUT2D eigenvalue weighted by molar-refractivity contribution is 0.102. The van der Waals surface area contributed by atoms with Gasteiger partial charge in [0.25, 0.3) is 5.91 Å². The molecular formula is C27H21ClN4O3S2. The maximum Gasteiger partial charge on any atom is 0.275 e. The minimum Gasteiger partial charge on any atom is -0.321 e. The molecule has 0 aliphatic carbocycles. The van der Waals surface area contributed by atoms with Crippen molar-refractivity contribution in [2.45, 2.75) is 24.8 Å². The van der Waals surface area contributed by atoms with Gasteiger partial charge in [0.15, 0.2) is 5.69 Å². The zero-order chi connectivity index (χ0) is 26.2. The Balaban J connectivity index is 1.34. The molecule has 7 nitrogen and oxygen atoms in total. The SMILES string of the molecule is Cc1cccc(CS(=O)(=O)c2ncc(Cl)c(C(=O)Nc3ccc(-c4nc5ccc(C)cc5s4)cc3)n2)c1. The Kier molecular flexibility index (Phi) is 6.76. The molecule has 186 valence electrons. The number of aromatic nitrogens is 3. The second kappa shape index (κ2) is 10.0. The fourth-order valence-electron chi connectivity index (χ4n) is 3.79. The van der Waals surface area contributed by atoms with Crippen molar-refractivity contribution < 1.29 is 13.2 Å². The lowest BCUT2D eigenvalue weighted by Gasteiger charge is -2.09. The number of carbonyl (C=O) groups excluding carboxylic acids is 1. The van der Waals surface area contributed by atoms with Crippen molar-refractivity contribution in [3.8, 4) is 10.6 Å². The van der Waals surface area contributed by atoms with Gasteiger partial charge in [0.1, 0.15) is 5.01 Å². The van der Waals surface area contributed by atoms with Crippen LogP contribution in [0.25, 0.3) is 20.8 Å². The van der Waals surface area contributed by atoms with Gasteiger partial charge in [-0.15, -0.1) is 11.3 Å². The van der Waals surface area contributed by atoms with E-state index in [4.69, 9.17) is 11.6 Å². The summed E-state index contributed by atoms with van der Waals surface area (Å²) in [5.74, 6) is -0.924. The lowest BCUT2D eigenvalue weighted by Crippen LogP contribution is -2.18. The predicted molar refractivity (Wildman–Crippen MR) is 147 cm³/mol. The van der Waals surface area contributed by atoms with Crippen LogP contribution in [0.2, 0.25) is 5.02 Å². The number of nitrogens with zero attached hydrogens (tertiary/aromatic N) is 3. The van der Waals surface area contributed by atoms with Gasteiger partial charge in [-0.3, -0.25) is 4.79 Å². The first kappa shape index (κ1) is 25.0. The molecule has 10 heteroatoms. The molecule has 37 heavy (non-hydrogen) atoms. The van der Waals surface area contributed by atoms with Crippen LogP contribution in [-0.2, 0) is 15.6 Å². The van der Waals surface area contributed by atoms with Crippen molar-refractivity contribution in [1.82, 2.24) is 15.0 Å². The molecule has 0 fully saturated rings. The van der Waals surface area contributed by atoms with E-state index in [0.29, 0.717) is 11.3 Å². The van der Waals surface area contributed by atoms with Crippen LogP contribution >= 0.6 is 22.9 Å². The number of nitrogens with one attached hydrogen (secondary N) is 1. The number of carbonyl (C=O) groups is 1. The van der Waals surface area contributed by atoms with Crippen molar-refractivity contribution in [2.75, 3.05) is 5.32 Å². The third-order valence-corrected chi connectivity index (χ3v) is 8.40. The maximum atomic E-state index is 12.9. The highest BCUT2D eigenvalue weighted by molar-refractivity contribution is 7.90. The summed E-state index contributed by atoms with van der Waals surface area (Å²) in [4.78, 5) is 25.5. The molecule has 0 saturated carbocycles. The monoisotopic (exact) mass is 548 g/mol. The van der Waals surface area contributed by atoms with E-state index < -0.39 is 20.9 Å². The number of fused-ring (bicyclic) bond motifs is 1. The maximum absolute atomic E-state index is 12.9. The van der Waals surface area contributed by atoms with Gasteiger partial charge in [-0.1, -0.05) is 47.5 Å². The number of benzene rings is 3. The number of amides is 1. The van der Waals surface area contributed by atoms with Crippen LogP contribution in [0.5, 0.6) is 0 Å². The molecule has 2 aromatic heterocycles. The summed E-state index contributed by atoms with van der Waals surface area (Å²) in [6, 6.07) is 20.5. The van der Waals surface area contributed by atoms with Crippen molar-refractivity contribution in [1.29, 1.82) is 0 Å². The Bertz CT molecular complexity index is 1750. The molecule has 0 atom stereocenters. The number of sulfone groups is 1. The molecule has 1 amide bonds. The predicted octanol–water partition coefficient (Wildman–Crippen LogP) is 6.25. The Labute approximate surface area is 223 Å². The van der Waals surface area contributed by atoms with Gasteiger partial charge in [-0.25, -0.2) is 23.4 Å². The van der Waals surface area contributed by atoms with E-state index in [1.54, 1.807) is 41.7 Å². The first-order valence-corrected chi connectivity index (χ1v) is 14.1. The summed E-state index contributed by atoms with van der Waals surface area (Å²) in [7, 11) is -3.89. The highest BCUT2D eigenvalue weighted by atomic mass is 35.5. The quantitative estimate of drug-likeness (QED) is 0.252. The summed E-state index contributed by atoms with van der Waals surface area (Å²) >= 11 is 7.75. The fraction of sp³-hybridized carbons (Fsp3) is 0.111. The normalized spacial score (nSPS) is 11.5. The standard InChI is InChI=1S/C27H21ClN4O3S2/c1-16-4-3-5-18(12-16)15-37(34,35)27-29-14-21(28)24(32-27)25(33)30-20-9-7-19(8-10-20)26-31-22-11-6-17(2)13-23(22)36-26/h3-14H,15H2,1-2H3,(H,30,33). The van der Waals surface area contributed by atoms with E-state index >= 15 is 0 Å². The zero-order valence-electron chi connectivity index (χ0n) is 19.9. The summed E-state index contributed by atoms with van der Waals surface area (Å²) < 4.78 is 26.9. The molecule has 0 saturated heterocycles. The molecule has 0 aliphatic rings. The average molecular weight is 549 g/mol. The lowest BCUT2D eigenvalue weighted by atomic mass is 10.2. The Hall–Kier alpha value is -3.66. The molecule has 0 bridgehead atoms. The Morgan fingerprint density at radius 3 is 2.49 bits per heavy atom. The molecule has 5 rings (SSSR count). The largest absolute Gasteiger partial charge is 0.321 e. The topological polar surface area (TPSA) is 102 Å². The smallest absolute Gasteiger partial charge is 0.275 e. The van der Waals surface area contributed by atoms with Gasteiger partial charge in [-0.05, 0) is 61.4 Å². The molecule has 1 N–H and O–H groups in total. The summed E-state index contributed by atoms with van der Waals surface area (Å²) in [6.45, 7) is 3.92. The van der Waals surface area contributed by atoms with E-state index in [2.05, 4.69) is 26.3 Å².